The molecular weight excluding hydrogens is 143 g/mol. The first kappa shape index (κ1) is 8.32. The van der Waals surface area contributed by atoms with Crippen LogP contribution in [-0.4, -0.2) is 11.8 Å². The van der Waals surface area contributed by atoms with E-state index in [0.717, 1.165) is 18.4 Å². The lowest BCUT2D eigenvalue weighted by Crippen LogP contribution is -1.82. The van der Waals surface area contributed by atoms with Crippen molar-refractivity contribution in [1.29, 1.82) is 0 Å². The van der Waals surface area contributed by atoms with Crippen LogP contribution in [0.4, 0.5) is 0 Å². The maximum Gasteiger partial charge on any atom is 0.0430 e. The van der Waals surface area contributed by atoms with E-state index < -0.39 is 0 Å². The molecule has 0 saturated carbocycles. The fourth-order valence-corrected chi connectivity index (χ4v) is 0.651. The van der Waals surface area contributed by atoms with Crippen LogP contribution in [0.2, 0.25) is 0 Å². The molecule has 0 nitrogen and oxygen atoms in total. The Labute approximate surface area is 60.5 Å². The Morgan fingerprint density at radius 1 is 1.38 bits per heavy atom. The van der Waals surface area contributed by atoms with E-state index in [4.69, 9.17) is 23.2 Å². The van der Waals surface area contributed by atoms with Crippen molar-refractivity contribution in [2.45, 2.75) is 12.8 Å². The van der Waals surface area contributed by atoms with Crippen molar-refractivity contribution >= 4 is 23.2 Å². The molecule has 48 valence electrons. The van der Waals surface area contributed by atoms with E-state index in [1.165, 1.54) is 0 Å². The zero-order valence-corrected chi connectivity index (χ0v) is 6.30. The van der Waals surface area contributed by atoms with Gasteiger partial charge in [-0.15, -0.1) is 23.2 Å². The van der Waals surface area contributed by atoms with Crippen LogP contribution in [0.1, 0.15) is 12.8 Å². The SMILES string of the molecule is C=C(CCl)CCCCl. The Morgan fingerprint density at radius 3 is 2.38 bits per heavy atom. The van der Waals surface area contributed by atoms with Crippen molar-refractivity contribution in [2.24, 2.45) is 0 Å². The van der Waals surface area contributed by atoms with Gasteiger partial charge in [-0.2, -0.15) is 0 Å². The molecule has 0 fully saturated rings. The van der Waals surface area contributed by atoms with Gasteiger partial charge in [-0.25, -0.2) is 0 Å². The number of rotatable bonds is 4. The fraction of sp³-hybridized carbons (Fsp3) is 0.667. The summed E-state index contributed by atoms with van der Waals surface area (Å²) in [6.07, 6.45) is 1.96. The van der Waals surface area contributed by atoms with Gasteiger partial charge in [0.25, 0.3) is 0 Å². The van der Waals surface area contributed by atoms with Crippen LogP contribution in [0, 0.1) is 0 Å². The second-order valence-corrected chi connectivity index (χ2v) is 2.32. The molecule has 0 aromatic rings. The monoisotopic (exact) mass is 152 g/mol. The highest BCUT2D eigenvalue weighted by Gasteiger charge is 1.88. The Balaban J connectivity index is 2.99. The lowest BCUT2D eigenvalue weighted by Gasteiger charge is -1.95. The largest absolute Gasteiger partial charge is 0.127 e. The van der Waals surface area contributed by atoms with Gasteiger partial charge in [0, 0.05) is 11.8 Å². The van der Waals surface area contributed by atoms with Crippen LogP contribution in [0.25, 0.3) is 0 Å². The third-order valence-corrected chi connectivity index (χ3v) is 1.50. The van der Waals surface area contributed by atoms with Gasteiger partial charge in [0.2, 0.25) is 0 Å². The van der Waals surface area contributed by atoms with E-state index in [0.29, 0.717) is 11.8 Å². The van der Waals surface area contributed by atoms with E-state index in [9.17, 15) is 0 Å². The average Bonchev–Trinajstić information content (AvgIpc) is 1.83. The Kier molecular flexibility index (Phi) is 5.67. The van der Waals surface area contributed by atoms with Crippen molar-refractivity contribution in [3.8, 4) is 0 Å². The summed E-state index contributed by atoms with van der Waals surface area (Å²) in [6.45, 7) is 3.72. The quantitative estimate of drug-likeness (QED) is 0.430. The summed E-state index contributed by atoms with van der Waals surface area (Å²) < 4.78 is 0. The van der Waals surface area contributed by atoms with Crippen LogP contribution in [0.15, 0.2) is 12.2 Å². The summed E-state index contributed by atoms with van der Waals surface area (Å²) in [5.74, 6) is 1.27. The minimum atomic E-state index is 0.566. The van der Waals surface area contributed by atoms with E-state index >= 15 is 0 Å². The molecule has 0 bridgehead atoms. The van der Waals surface area contributed by atoms with Crippen molar-refractivity contribution in [3.05, 3.63) is 12.2 Å². The number of hydrogen-bond donors (Lipinski definition) is 0. The van der Waals surface area contributed by atoms with E-state index in [1.807, 2.05) is 0 Å². The first-order valence-electron chi connectivity index (χ1n) is 2.60. The van der Waals surface area contributed by atoms with Gasteiger partial charge in [-0.05, 0) is 12.8 Å². The van der Waals surface area contributed by atoms with Gasteiger partial charge in [0.05, 0.1) is 0 Å². The molecule has 2 heteroatoms. The van der Waals surface area contributed by atoms with Crippen LogP contribution in [0.3, 0.4) is 0 Å². The van der Waals surface area contributed by atoms with Gasteiger partial charge in [0.1, 0.15) is 0 Å². The lowest BCUT2D eigenvalue weighted by molar-refractivity contribution is 0.918. The van der Waals surface area contributed by atoms with Crippen molar-refractivity contribution in [3.63, 3.8) is 0 Å². The molecule has 0 heterocycles. The molecule has 0 aliphatic carbocycles. The molecule has 0 aliphatic heterocycles. The molecule has 0 radical (unpaired) electrons. The van der Waals surface area contributed by atoms with Crippen LogP contribution < -0.4 is 0 Å². The van der Waals surface area contributed by atoms with Crippen molar-refractivity contribution in [2.75, 3.05) is 11.8 Å². The van der Waals surface area contributed by atoms with Gasteiger partial charge in [-0.1, -0.05) is 12.2 Å². The highest BCUT2D eigenvalue weighted by atomic mass is 35.5. The maximum atomic E-state index is 5.45. The fourth-order valence-electron chi connectivity index (χ4n) is 0.384. The van der Waals surface area contributed by atoms with Crippen LogP contribution >= 0.6 is 23.2 Å². The minimum Gasteiger partial charge on any atom is -0.127 e. The predicted molar refractivity (Wildman–Crippen MR) is 39.8 cm³/mol. The summed E-state index contributed by atoms with van der Waals surface area (Å²) in [6, 6.07) is 0. The summed E-state index contributed by atoms with van der Waals surface area (Å²) >= 11 is 10.9. The smallest absolute Gasteiger partial charge is 0.0430 e. The second kappa shape index (κ2) is 5.46. The van der Waals surface area contributed by atoms with Crippen LogP contribution in [-0.2, 0) is 0 Å². The normalized spacial score (nSPS) is 9.25. The molecule has 0 rings (SSSR count). The van der Waals surface area contributed by atoms with Crippen molar-refractivity contribution in [1.82, 2.24) is 0 Å². The predicted octanol–water partition coefficient (Wildman–Crippen LogP) is 2.80. The first-order chi connectivity index (χ1) is 3.81. The molecular formula is C6H10Cl2. The topological polar surface area (TPSA) is 0 Å². The second-order valence-electron chi connectivity index (χ2n) is 1.68. The minimum absolute atomic E-state index is 0.566. The zero-order valence-electron chi connectivity index (χ0n) is 4.79. The molecule has 0 unspecified atom stereocenters. The zero-order chi connectivity index (χ0) is 6.41. The van der Waals surface area contributed by atoms with Gasteiger partial charge in [-0.3, -0.25) is 0 Å². The van der Waals surface area contributed by atoms with E-state index in [1.54, 1.807) is 0 Å². The standard InChI is InChI=1S/C6H10Cl2/c1-6(5-8)3-2-4-7/h1-5H2. The summed E-state index contributed by atoms with van der Waals surface area (Å²) in [4.78, 5) is 0. The molecule has 0 saturated heterocycles. The maximum absolute atomic E-state index is 5.45. The van der Waals surface area contributed by atoms with E-state index in [-0.39, 0.29) is 0 Å². The number of alkyl halides is 2. The summed E-state index contributed by atoms with van der Waals surface area (Å²) in [5, 5.41) is 0. The lowest BCUT2D eigenvalue weighted by atomic mass is 10.2. The third kappa shape index (κ3) is 4.48. The molecule has 0 atom stereocenters. The van der Waals surface area contributed by atoms with Gasteiger partial charge >= 0.3 is 0 Å². The Hall–Kier alpha value is 0.320. The molecule has 0 aliphatic rings. The van der Waals surface area contributed by atoms with Crippen LogP contribution in [0.5, 0.6) is 0 Å². The number of hydrogen-bond acceptors (Lipinski definition) is 0. The highest BCUT2D eigenvalue weighted by molar-refractivity contribution is 6.19. The Bertz CT molecular complexity index is 68.9. The van der Waals surface area contributed by atoms with Crippen molar-refractivity contribution < 1.29 is 0 Å². The average molecular weight is 153 g/mol. The summed E-state index contributed by atoms with van der Waals surface area (Å²) in [7, 11) is 0. The highest BCUT2D eigenvalue weighted by Crippen LogP contribution is 2.04. The molecule has 0 aromatic carbocycles. The summed E-state index contributed by atoms with van der Waals surface area (Å²) in [5.41, 5.74) is 1.08. The molecule has 8 heavy (non-hydrogen) atoms. The molecule has 0 N–H and O–H groups in total. The molecule has 0 spiro atoms. The molecule has 0 amide bonds. The van der Waals surface area contributed by atoms with Gasteiger partial charge < -0.3 is 0 Å². The number of allylic oxidation sites excluding steroid dienone is 1. The first-order valence-corrected chi connectivity index (χ1v) is 3.66. The van der Waals surface area contributed by atoms with E-state index in [2.05, 4.69) is 6.58 Å². The Morgan fingerprint density at radius 2 is 2.00 bits per heavy atom. The number of halogens is 2. The van der Waals surface area contributed by atoms with Gasteiger partial charge in [0.15, 0.2) is 0 Å². The third-order valence-electron chi connectivity index (χ3n) is 0.853. The molecule has 0 aromatic heterocycles.